The van der Waals surface area contributed by atoms with Crippen LogP contribution in [-0.2, 0) is 6.42 Å². The number of carbonyl (C=O) groups excluding carboxylic acids is 1. The van der Waals surface area contributed by atoms with Gasteiger partial charge in [0.15, 0.2) is 11.6 Å². The first kappa shape index (κ1) is 14.4. The summed E-state index contributed by atoms with van der Waals surface area (Å²) in [4.78, 5) is 19.9. The normalized spacial score (nSPS) is 10.3. The Balaban J connectivity index is 1.96. The highest BCUT2D eigenvalue weighted by Crippen LogP contribution is 2.14. The highest BCUT2D eigenvalue weighted by Gasteiger charge is 2.15. The molecule has 0 aliphatic heterocycles. The van der Waals surface area contributed by atoms with Crippen molar-refractivity contribution in [1.82, 2.24) is 15.3 Å². The number of nitrogens with zero attached hydrogens (tertiary/aromatic N) is 2. The van der Waals surface area contributed by atoms with E-state index >= 15 is 0 Å². The molecule has 2 N–H and O–H groups in total. The zero-order valence-electron chi connectivity index (χ0n) is 11.0. The van der Waals surface area contributed by atoms with Gasteiger partial charge in [-0.3, -0.25) is 4.79 Å². The molecule has 0 saturated carbocycles. The summed E-state index contributed by atoms with van der Waals surface area (Å²) in [6.07, 6.45) is 3.76. The molecule has 2 aromatic heterocycles. The molecule has 0 spiro atoms. The van der Waals surface area contributed by atoms with Gasteiger partial charge in [0, 0.05) is 37.3 Å². The van der Waals surface area contributed by atoms with Gasteiger partial charge in [-0.1, -0.05) is 0 Å². The molecule has 0 bridgehead atoms. The van der Waals surface area contributed by atoms with Crippen LogP contribution in [0.15, 0.2) is 23.8 Å². The summed E-state index contributed by atoms with van der Waals surface area (Å²) in [7, 11) is 0. The molecule has 0 aromatic carbocycles. The van der Waals surface area contributed by atoms with E-state index in [1.165, 1.54) is 23.6 Å². The van der Waals surface area contributed by atoms with Crippen LogP contribution < -0.4 is 10.6 Å². The van der Waals surface area contributed by atoms with E-state index in [1.54, 1.807) is 6.20 Å². The van der Waals surface area contributed by atoms with E-state index < -0.39 is 11.7 Å². The zero-order valence-corrected chi connectivity index (χ0v) is 11.8. The average Bonchev–Trinajstić information content (AvgIpc) is 2.94. The molecule has 20 heavy (non-hydrogen) atoms. The summed E-state index contributed by atoms with van der Waals surface area (Å²) >= 11 is 1.53. The van der Waals surface area contributed by atoms with Gasteiger partial charge in [-0.15, -0.1) is 11.3 Å². The van der Waals surface area contributed by atoms with E-state index in [0.717, 1.165) is 5.01 Å². The monoisotopic (exact) mass is 294 g/mol. The number of amides is 1. The fourth-order valence-electron chi connectivity index (χ4n) is 1.66. The van der Waals surface area contributed by atoms with Crippen LogP contribution in [0, 0.1) is 5.82 Å². The molecule has 2 aromatic rings. The van der Waals surface area contributed by atoms with Crippen molar-refractivity contribution < 1.29 is 9.18 Å². The van der Waals surface area contributed by atoms with Gasteiger partial charge in [-0.05, 0) is 13.0 Å². The van der Waals surface area contributed by atoms with Crippen LogP contribution >= 0.6 is 11.3 Å². The van der Waals surface area contributed by atoms with Gasteiger partial charge in [-0.2, -0.15) is 0 Å². The van der Waals surface area contributed by atoms with Crippen LogP contribution in [0.2, 0.25) is 0 Å². The number of aromatic nitrogens is 2. The largest absolute Gasteiger partial charge is 0.368 e. The predicted octanol–water partition coefficient (Wildman–Crippen LogP) is 2.08. The SMILES string of the molecule is CCNc1nccc(C(=O)NCCc2nccs2)c1F. The number of rotatable bonds is 6. The maximum atomic E-state index is 14.0. The van der Waals surface area contributed by atoms with Gasteiger partial charge in [0.2, 0.25) is 0 Å². The first-order valence-electron chi connectivity index (χ1n) is 6.27. The molecule has 0 unspecified atom stereocenters. The Labute approximate surface area is 120 Å². The van der Waals surface area contributed by atoms with Gasteiger partial charge in [0.05, 0.1) is 10.6 Å². The molecular formula is C13H15FN4OS. The average molecular weight is 294 g/mol. The van der Waals surface area contributed by atoms with E-state index in [4.69, 9.17) is 0 Å². The standard InChI is InChI=1S/C13H15FN4OS/c1-2-15-12-11(14)9(3-5-17-12)13(19)18-6-4-10-16-7-8-20-10/h3,5,7-8H,2,4,6H2,1H3,(H,15,17)(H,18,19). The van der Waals surface area contributed by atoms with E-state index in [0.29, 0.717) is 19.5 Å². The molecule has 0 saturated heterocycles. The van der Waals surface area contributed by atoms with E-state index in [2.05, 4.69) is 20.6 Å². The second kappa shape index (κ2) is 6.95. The lowest BCUT2D eigenvalue weighted by Gasteiger charge is -2.08. The summed E-state index contributed by atoms with van der Waals surface area (Å²) < 4.78 is 14.0. The molecule has 0 atom stereocenters. The van der Waals surface area contributed by atoms with Crippen molar-refractivity contribution in [3.8, 4) is 0 Å². The minimum absolute atomic E-state index is 0.00455. The van der Waals surface area contributed by atoms with Crippen molar-refractivity contribution in [2.75, 3.05) is 18.4 Å². The molecule has 0 aliphatic rings. The first-order chi connectivity index (χ1) is 9.72. The summed E-state index contributed by atoms with van der Waals surface area (Å²) in [5, 5.41) is 8.27. The molecule has 0 fully saturated rings. The number of hydrogen-bond donors (Lipinski definition) is 2. The van der Waals surface area contributed by atoms with E-state index in [1.807, 2.05) is 12.3 Å². The maximum Gasteiger partial charge on any atom is 0.254 e. The predicted molar refractivity (Wildman–Crippen MR) is 76.5 cm³/mol. The second-order valence-corrected chi connectivity index (χ2v) is 4.96. The van der Waals surface area contributed by atoms with Crippen molar-refractivity contribution in [2.24, 2.45) is 0 Å². The Morgan fingerprint density at radius 1 is 1.40 bits per heavy atom. The number of anilines is 1. The zero-order chi connectivity index (χ0) is 14.4. The number of hydrogen-bond acceptors (Lipinski definition) is 5. The molecule has 1 amide bonds. The van der Waals surface area contributed by atoms with Crippen molar-refractivity contribution in [3.05, 3.63) is 40.2 Å². The van der Waals surface area contributed by atoms with Gasteiger partial charge in [0.1, 0.15) is 0 Å². The van der Waals surface area contributed by atoms with Gasteiger partial charge in [0.25, 0.3) is 5.91 Å². The third-order valence-electron chi connectivity index (χ3n) is 2.59. The van der Waals surface area contributed by atoms with Crippen molar-refractivity contribution >= 4 is 23.1 Å². The third-order valence-corrected chi connectivity index (χ3v) is 3.43. The number of halogens is 1. The van der Waals surface area contributed by atoms with E-state index in [-0.39, 0.29) is 11.4 Å². The number of thiazole rings is 1. The van der Waals surface area contributed by atoms with Crippen LogP contribution in [0.5, 0.6) is 0 Å². The van der Waals surface area contributed by atoms with Crippen LogP contribution in [0.3, 0.4) is 0 Å². The highest BCUT2D eigenvalue weighted by molar-refractivity contribution is 7.09. The molecular weight excluding hydrogens is 279 g/mol. The van der Waals surface area contributed by atoms with Gasteiger partial charge in [-0.25, -0.2) is 14.4 Å². The minimum Gasteiger partial charge on any atom is -0.368 e. The first-order valence-corrected chi connectivity index (χ1v) is 7.15. The number of pyridine rings is 1. The molecule has 5 nitrogen and oxygen atoms in total. The van der Waals surface area contributed by atoms with Crippen molar-refractivity contribution in [3.63, 3.8) is 0 Å². The summed E-state index contributed by atoms with van der Waals surface area (Å²) in [5.41, 5.74) is -0.00455. The van der Waals surface area contributed by atoms with Crippen LogP contribution in [0.1, 0.15) is 22.3 Å². The van der Waals surface area contributed by atoms with Crippen molar-refractivity contribution in [2.45, 2.75) is 13.3 Å². The summed E-state index contributed by atoms with van der Waals surface area (Å²) in [6, 6.07) is 1.37. The molecule has 0 radical (unpaired) electrons. The number of nitrogens with one attached hydrogen (secondary N) is 2. The van der Waals surface area contributed by atoms with Crippen molar-refractivity contribution in [1.29, 1.82) is 0 Å². The van der Waals surface area contributed by atoms with Gasteiger partial charge < -0.3 is 10.6 Å². The third kappa shape index (κ3) is 3.51. The Kier molecular flexibility index (Phi) is 5.00. The Morgan fingerprint density at radius 3 is 2.95 bits per heavy atom. The molecule has 106 valence electrons. The quantitative estimate of drug-likeness (QED) is 0.856. The molecule has 2 heterocycles. The lowest BCUT2D eigenvalue weighted by Crippen LogP contribution is -2.27. The smallest absolute Gasteiger partial charge is 0.254 e. The second-order valence-electron chi connectivity index (χ2n) is 3.98. The Bertz CT molecular complexity index is 574. The lowest BCUT2D eigenvalue weighted by atomic mass is 10.2. The maximum absolute atomic E-state index is 14.0. The lowest BCUT2D eigenvalue weighted by molar-refractivity contribution is 0.0950. The Morgan fingerprint density at radius 2 is 2.25 bits per heavy atom. The van der Waals surface area contributed by atoms with Gasteiger partial charge >= 0.3 is 0 Å². The van der Waals surface area contributed by atoms with Crippen LogP contribution in [0.4, 0.5) is 10.2 Å². The molecule has 0 aliphatic carbocycles. The minimum atomic E-state index is -0.624. The Hall–Kier alpha value is -2.02. The topological polar surface area (TPSA) is 66.9 Å². The fourth-order valence-corrected chi connectivity index (χ4v) is 2.28. The van der Waals surface area contributed by atoms with Crippen LogP contribution in [0.25, 0.3) is 0 Å². The summed E-state index contributed by atoms with van der Waals surface area (Å²) in [6.45, 7) is 2.80. The van der Waals surface area contributed by atoms with E-state index in [9.17, 15) is 9.18 Å². The number of carbonyl (C=O) groups is 1. The highest BCUT2D eigenvalue weighted by atomic mass is 32.1. The molecule has 7 heteroatoms. The fraction of sp³-hybridized carbons (Fsp3) is 0.308. The van der Waals surface area contributed by atoms with Crippen LogP contribution in [-0.4, -0.2) is 29.0 Å². The summed E-state index contributed by atoms with van der Waals surface area (Å²) in [5.74, 6) is -0.971. The molecule has 2 rings (SSSR count).